The Morgan fingerprint density at radius 1 is 1.44 bits per heavy atom. The number of aryl methyl sites for hydroxylation is 1. The number of imidazole rings is 1. The molecule has 2 amide bonds. The molecule has 3 rings (SSSR count). The monoisotopic (exact) mass is 360 g/mol. The van der Waals surface area contributed by atoms with Crippen LogP contribution in [0.2, 0.25) is 0 Å². The number of carbonyl (C=O) groups excluding carboxylic acids is 2. The first-order chi connectivity index (χ1) is 12.1. The van der Waals surface area contributed by atoms with Crippen LogP contribution in [0.3, 0.4) is 0 Å². The van der Waals surface area contributed by atoms with E-state index in [1.807, 2.05) is 42.1 Å². The molecule has 0 saturated carbocycles. The second-order valence-corrected chi connectivity index (χ2v) is 6.66. The SMILES string of the molecule is COc1ccccc1C(NC(=O)CN1CSCC1=O)c1nccn1C. The highest BCUT2D eigenvalue weighted by atomic mass is 32.2. The lowest BCUT2D eigenvalue weighted by Crippen LogP contribution is -2.40. The Hall–Kier alpha value is -2.48. The number of rotatable bonds is 6. The van der Waals surface area contributed by atoms with Crippen LogP contribution in [0.25, 0.3) is 0 Å². The summed E-state index contributed by atoms with van der Waals surface area (Å²) in [5.74, 6) is 2.11. The van der Waals surface area contributed by atoms with Gasteiger partial charge in [0.1, 0.15) is 24.2 Å². The molecule has 132 valence electrons. The molecule has 2 heterocycles. The van der Waals surface area contributed by atoms with Gasteiger partial charge >= 0.3 is 0 Å². The van der Waals surface area contributed by atoms with Gasteiger partial charge in [-0.3, -0.25) is 9.59 Å². The molecular formula is C17H20N4O3S. The number of nitrogens with zero attached hydrogens (tertiary/aromatic N) is 3. The molecule has 1 unspecified atom stereocenters. The fourth-order valence-electron chi connectivity index (χ4n) is 2.76. The summed E-state index contributed by atoms with van der Waals surface area (Å²) in [6, 6.07) is 7.04. The van der Waals surface area contributed by atoms with E-state index in [0.29, 0.717) is 23.2 Å². The lowest BCUT2D eigenvalue weighted by atomic mass is 10.0. The van der Waals surface area contributed by atoms with Crippen molar-refractivity contribution in [1.29, 1.82) is 0 Å². The largest absolute Gasteiger partial charge is 0.496 e. The minimum absolute atomic E-state index is 0.00835. The van der Waals surface area contributed by atoms with Crippen LogP contribution in [-0.2, 0) is 16.6 Å². The fourth-order valence-corrected chi connectivity index (χ4v) is 3.67. The molecule has 0 aliphatic carbocycles. The van der Waals surface area contributed by atoms with Gasteiger partial charge in [0.2, 0.25) is 11.8 Å². The van der Waals surface area contributed by atoms with E-state index in [9.17, 15) is 9.59 Å². The van der Waals surface area contributed by atoms with Gasteiger partial charge in [0, 0.05) is 25.0 Å². The highest BCUT2D eigenvalue weighted by Gasteiger charge is 2.27. The number of carbonyl (C=O) groups is 2. The minimum atomic E-state index is -0.464. The molecule has 1 atom stereocenters. The number of para-hydroxylation sites is 1. The maximum Gasteiger partial charge on any atom is 0.240 e. The summed E-state index contributed by atoms with van der Waals surface area (Å²) < 4.78 is 7.30. The summed E-state index contributed by atoms with van der Waals surface area (Å²) in [4.78, 5) is 30.2. The number of methoxy groups -OCH3 is 1. The third-order valence-corrected chi connectivity index (χ3v) is 4.98. The summed E-state index contributed by atoms with van der Waals surface area (Å²) in [6.07, 6.45) is 3.51. The molecule has 1 fully saturated rings. The first kappa shape index (κ1) is 17.3. The Kier molecular flexibility index (Phi) is 5.28. The number of amides is 2. The zero-order valence-corrected chi connectivity index (χ0v) is 15.0. The average molecular weight is 360 g/mol. The van der Waals surface area contributed by atoms with E-state index >= 15 is 0 Å². The smallest absolute Gasteiger partial charge is 0.240 e. The van der Waals surface area contributed by atoms with E-state index in [1.54, 1.807) is 18.2 Å². The van der Waals surface area contributed by atoms with Crippen LogP contribution in [0, 0.1) is 0 Å². The highest BCUT2D eigenvalue weighted by Crippen LogP contribution is 2.29. The van der Waals surface area contributed by atoms with Gasteiger partial charge in [-0.15, -0.1) is 11.8 Å². The molecule has 0 radical (unpaired) electrons. The minimum Gasteiger partial charge on any atom is -0.496 e. The molecule has 1 aromatic heterocycles. The van der Waals surface area contributed by atoms with Crippen molar-refractivity contribution in [2.24, 2.45) is 7.05 Å². The topological polar surface area (TPSA) is 76.5 Å². The lowest BCUT2D eigenvalue weighted by molar-refractivity contribution is -0.132. The summed E-state index contributed by atoms with van der Waals surface area (Å²) in [7, 11) is 3.47. The molecule has 25 heavy (non-hydrogen) atoms. The quantitative estimate of drug-likeness (QED) is 0.837. The van der Waals surface area contributed by atoms with Crippen molar-refractivity contribution in [3.8, 4) is 5.75 Å². The molecule has 7 nitrogen and oxygen atoms in total. The Morgan fingerprint density at radius 3 is 2.88 bits per heavy atom. The second kappa shape index (κ2) is 7.60. The van der Waals surface area contributed by atoms with Crippen molar-refractivity contribution in [2.75, 3.05) is 25.3 Å². The Balaban J connectivity index is 1.86. The lowest BCUT2D eigenvalue weighted by Gasteiger charge is -2.22. The van der Waals surface area contributed by atoms with Crippen molar-refractivity contribution in [3.63, 3.8) is 0 Å². The van der Waals surface area contributed by atoms with E-state index in [1.165, 1.54) is 11.8 Å². The zero-order chi connectivity index (χ0) is 17.8. The van der Waals surface area contributed by atoms with E-state index in [0.717, 1.165) is 5.56 Å². The number of benzene rings is 1. The van der Waals surface area contributed by atoms with Crippen molar-refractivity contribution in [2.45, 2.75) is 6.04 Å². The normalized spacial score (nSPS) is 15.3. The molecule has 8 heteroatoms. The van der Waals surface area contributed by atoms with Gasteiger partial charge in [-0.2, -0.15) is 0 Å². The molecule has 1 N–H and O–H groups in total. The molecule has 0 spiro atoms. The van der Waals surface area contributed by atoms with E-state index in [-0.39, 0.29) is 18.4 Å². The Morgan fingerprint density at radius 2 is 2.24 bits per heavy atom. The molecule has 1 aromatic carbocycles. The number of thioether (sulfide) groups is 1. The molecule has 0 bridgehead atoms. The van der Waals surface area contributed by atoms with Gasteiger partial charge in [0.05, 0.1) is 18.7 Å². The van der Waals surface area contributed by atoms with E-state index < -0.39 is 6.04 Å². The standard InChI is InChI=1S/C17H20N4O3S/c1-20-8-7-18-17(20)16(12-5-3-4-6-13(12)24-2)19-14(22)9-21-11-25-10-15(21)23/h3-8,16H,9-11H2,1-2H3,(H,19,22). The maximum atomic E-state index is 12.5. The third kappa shape index (κ3) is 3.79. The summed E-state index contributed by atoms with van der Waals surface area (Å²) in [5.41, 5.74) is 0.815. The number of hydrogen-bond donors (Lipinski definition) is 1. The van der Waals surface area contributed by atoms with Crippen LogP contribution in [0.15, 0.2) is 36.7 Å². The van der Waals surface area contributed by atoms with Crippen molar-refractivity contribution < 1.29 is 14.3 Å². The Bertz CT molecular complexity index is 777. The van der Waals surface area contributed by atoms with Crippen LogP contribution in [-0.4, -0.2) is 51.5 Å². The van der Waals surface area contributed by atoms with E-state index in [2.05, 4.69) is 10.3 Å². The summed E-state index contributed by atoms with van der Waals surface area (Å²) in [6.45, 7) is 0.0436. The molecule has 1 saturated heterocycles. The molecule has 1 aliphatic heterocycles. The van der Waals surface area contributed by atoms with Crippen LogP contribution < -0.4 is 10.1 Å². The van der Waals surface area contributed by atoms with Gasteiger partial charge in [-0.1, -0.05) is 18.2 Å². The fraction of sp³-hybridized carbons (Fsp3) is 0.353. The van der Waals surface area contributed by atoms with E-state index in [4.69, 9.17) is 4.74 Å². The van der Waals surface area contributed by atoms with Crippen LogP contribution >= 0.6 is 11.8 Å². The first-order valence-electron chi connectivity index (χ1n) is 7.85. The van der Waals surface area contributed by atoms with Crippen LogP contribution in [0.5, 0.6) is 5.75 Å². The molecule has 2 aromatic rings. The van der Waals surface area contributed by atoms with Gasteiger partial charge in [-0.05, 0) is 6.07 Å². The van der Waals surface area contributed by atoms with Gasteiger partial charge in [0.25, 0.3) is 0 Å². The number of aromatic nitrogens is 2. The first-order valence-corrected chi connectivity index (χ1v) is 9.00. The zero-order valence-electron chi connectivity index (χ0n) is 14.1. The molecule has 1 aliphatic rings. The number of nitrogens with one attached hydrogen (secondary N) is 1. The van der Waals surface area contributed by atoms with Crippen molar-refractivity contribution >= 4 is 23.6 Å². The number of ether oxygens (including phenoxy) is 1. The molecular weight excluding hydrogens is 340 g/mol. The van der Waals surface area contributed by atoms with Crippen molar-refractivity contribution in [3.05, 3.63) is 48.0 Å². The summed E-state index contributed by atoms with van der Waals surface area (Å²) in [5, 5.41) is 2.99. The van der Waals surface area contributed by atoms with Gasteiger partial charge in [-0.25, -0.2) is 4.98 Å². The second-order valence-electron chi connectivity index (χ2n) is 5.71. The van der Waals surface area contributed by atoms with Gasteiger partial charge in [0.15, 0.2) is 0 Å². The maximum absolute atomic E-state index is 12.5. The third-order valence-electron chi connectivity index (χ3n) is 4.03. The van der Waals surface area contributed by atoms with Crippen molar-refractivity contribution in [1.82, 2.24) is 19.8 Å². The van der Waals surface area contributed by atoms with Crippen LogP contribution in [0.1, 0.15) is 17.4 Å². The Labute approximate surface area is 150 Å². The number of hydrogen-bond acceptors (Lipinski definition) is 5. The van der Waals surface area contributed by atoms with Crippen LogP contribution in [0.4, 0.5) is 0 Å². The predicted octanol–water partition coefficient (Wildman–Crippen LogP) is 1.17. The average Bonchev–Trinajstić information content (AvgIpc) is 3.21. The highest BCUT2D eigenvalue weighted by molar-refractivity contribution is 8.00. The predicted molar refractivity (Wildman–Crippen MR) is 95.2 cm³/mol. The summed E-state index contributed by atoms with van der Waals surface area (Å²) >= 11 is 1.51. The van der Waals surface area contributed by atoms with Gasteiger partial charge < -0.3 is 19.5 Å².